The number of nitrogens with zero attached hydrogens (tertiary/aromatic N) is 1. The van der Waals surface area contributed by atoms with Crippen molar-refractivity contribution < 1.29 is 9.59 Å². The molecule has 2 aliphatic heterocycles. The van der Waals surface area contributed by atoms with Crippen LogP contribution in [0.2, 0.25) is 0 Å². The SMILES string of the molecule is CCC[C@@H]1NC(=O)[C@H]2C[C@@H](C)CN2C1=O. The molecule has 0 saturated carbocycles. The molecule has 0 unspecified atom stereocenters. The average Bonchev–Trinajstić information content (AvgIpc) is 2.57. The topological polar surface area (TPSA) is 49.4 Å². The van der Waals surface area contributed by atoms with Crippen LogP contribution in [0, 0.1) is 5.92 Å². The summed E-state index contributed by atoms with van der Waals surface area (Å²) < 4.78 is 0. The van der Waals surface area contributed by atoms with Crippen molar-refractivity contribution in [1.29, 1.82) is 0 Å². The van der Waals surface area contributed by atoms with Crippen molar-refractivity contribution in [2.24, 2.45) is 5.92 Å². The van der Waals surface area contributed by atoms with E-state index in [0.29, 0.717) is 5.92 Å². The minimum atomic E-state index is -0.274. The fourth-order valence-corrected chi connectivity index (χ4v) is 2.55. The van der Waals surface area contributed by atoms with E-state index in [1.807, 2.05) is 6.92 Å². The van der Waals surface area contributed by atoms with Gasteiger partial charge in [-0.3, -0.25) is 9.59 Å². The predicted molar refractivity (Wildman–Crippen MR) is 56.1 cm³/mol. The first kappa shape index (κ1) is 10.5. The number of carbonyl (C=O) groups is 2. The summed E-state index contributed by atoms with van der Waals surface area (Å²) in [5, 5.41) is 2.83. The van der Waals surface area contributed by atoms with Crippen molar-refractivity contribution in [3.63, 3.8) is 0 Å². The van der Waals surface area contributed by atoms with Gasteiger partial charge in [0.05, 0.1) is 0 Å². The van der Waals surface area contributed by atoms with Crippen LogP contribution in [0.25, 0.3) is 0 Å². The molecule has 0 spiro atoms. The van der Waals surface area contributed by atoms with Gasteiger partial charge in [0.15, 0.2) is 0 Å². The van der Waals surface area contributed by atoms with E-state index in [4.69, 9.17) is 0 Å². The molecule has 4 heteroatoms. The Balaban J connectivity index is 2.13. The highest BCUT2D eigenvalue weighted by Crippen LogP contribution is 2.27. The normalized spacial score (nSPS) is 35.3. The molecule has 2 heterocycles. The van der Waals surface area contributed by atoms with Gasteiger partial charge in [0, 0.05) is 6.54 Å². The lowest BCUT2D eigenvalue weighted by molar-refractivity contribution is -0.147. The third-order valence-corrected chi connectivity index (χ3v) is 3.29. The zero-order valence-electron chi connectivity index (χ0n) is 9.32. The van der Waals surface area contributed by atoms with Gasteiger partial charge < -0.3 is 10.2 Å². The summed E-state index contributed by atoms with van der Waals surface area (Å²) in [6.07, 6.45) is 2.49. The number of nitrogens with one attached hydrogen (secondary N) is 1. The number of piperazine rings is 1. The van der Waals surface area contributed by atoms with E-state index in [1.165, 1.54) is 0 Å². The minimum absolute atomic E-state index is 0.0393. The molecule has 3 atom stereocenters. The van der Waals surface area contributed by atoms with Gasteiger partial charge in [-0.15, -0.1) is 0 Å². The van der Waals surface area contributed by atoms with E-state index in [0.717, 1.165) is 25.8 Å². The maximum Gasteiger partial charge on any atom is 0.245 e. The Morgan fingerprint density at radius 1 is 1.47 bits per heavy atom. The van der Waals surface area contributed by atoms with Gasteiger partial charge >= 0.3 is 0 Å². The second-order valence-corrected chi connectivity index (χ2v) is 4.70. The highest BCUT2D eigenvalue weighted by atomic mass is 16.2. The molecule has 0 radical (unpaired) electrons. The number of amides is 2. The Bertz CT molecular complexity index is 290. The van der Waals surface area contributed by atoms with E-state index in [2.05, 4.69) is 12.2 Å². The summed E-state index contributed by atoms with van der Waals surface area (Å²) in [5.74, 6) is 0.605. The lowest BCUT2D eigenvalue weighted by Crippen LogP contribution is -2.60. The van der Waals surface area contributed by atoms with E-state index < -0.39 is 0 Å². The molecule has 2 amide bonds. The largest absolute Gasteiger partial charge is 0.343 e. The van der Waals surface area contributed by atoms with Crippen molar-refractivity contribution in [2.75, 3.05) is 6.54 Å². The summed E-state index contributed by atoms with van der Waals surface area (Å²) in [6, 6.07) is -0.468. The molecule has 2 aliphatic rings. The fraction of sp³-hybridized carbons (Fsp3) is 0.818. The molecule has 15 heavy (non-hydrogen) atoms. The van der Waals surface area contributed by atoms with Crippen LogP contribution >= 0.6 is 0 Å². The van der Waals surface area contributed by atoms with Crippen LogP contribution in [0.15, 0.2) is 0 Å². The molecule has 0 bridgehead atoms. The molecule has 4 nitrogen and oxygen atoms in total. The van der Waals surface area contributed by atoms with Crippen molar-refractivity contribution in [3.8, 4) is 0 Å². The Labute approximate surface area is 90.0 Å². The van der Waals surface area contributed by atoms with Gasteiger partial charge in [-0.2, -0.15) is 0 Å². The smallest absolute Gasteiger partial charge is 0.245 e. The molecule has 2 rings (SSSR count). The Morgan fingerprint density at radius 2 is 2.20 bits per heavy atom. The van der Waals surface area contributed by atoms with Crippen molar-refractivity contribution in [3.05, 3.63) is 0 Å². The molecule has 84 valence electrons. The summed E-state index contributed by atoms with van der Waals surface area (Å²) in [4.78, 5) is 25.5. The molecule has 0 aromatic rings. The zero-order chi connectivity index (χ0) is 11.0. The van der Waals surface area contributed by atoms with E-state index in [9.17, 15) is 9.59 Å². The number of fused-ring (bicyclic) bond motifs is 1. The van der Waals surface area contributed by atoms with E-state index in [-0.39, 0.29) is 23.9 Å². The van der Waals surface area contributed by atoms with Crippen LogP contribution in [0.4, 0.5) is 0 Å². The molecular weight excluding hydrogens is 192 g/mol. The van der Waals surface area contributed by atoms with Gasteiger partial charge in [0.2, 0.25) is 11.8 Å². The van der Waals surface area contributed by atoms with Crippen molar-refractivity contribution >= 4 is 11.8 Å². The number of hydrogen-bond acceptors (Lipinski definition) is 2. The van der Waals surface area contributed by atoms with Crippen LogP contribution < -0.4 is 5.32 Å². The van der Waals surface area contributed by atoms with Gasteiger partial charge in [0.1, 0.15) is 12.1 Å². The van der Waals surface area contributed by atoms with Gasteiger partial charge in [0.25, 0.3) is 0 Å². The van der Waals surface area contributed by atoms with Gasteiger partial charge in [-0.25, -0.2) is 0 Å². The lowest BCUT2D eigenvalue weighted by atomic mass is 10.0. The summed E-state index contributed by atoms with van der Waals surface area (Å²) in [7, 11) is 0. The van der Waals surface area contributed by atoms with E-state index in [1.54, 1.807) is 4.90 Å². The van der Waals surface area contributed by atoms with E-state index >= 15 is 0 Å². The number of hydrogen-bond donors (Lipinski definition) is 1. The number of rotatable bonds is 2. The van der Waals surface area contributed by atoms with Crippen LogP contribution in [0.1, 0.15) is 33.1 Å². The first-order valence-electron chi connectivity index (χ1n) is 5.74. The van der Waals surface area contributed by atoms with Crippen LogP contribution in [0.5, 0.6) is 0 Å². The van der Waals surface area contributed by atoms with Gasteiger partial charge in [-0.1, -0.05) is 20.3 Å². The van der Waals surface area contributed by atoms with Crippen LogP contribution in [-0.2, 0) is 9.59 Å². The Hall–Kier alpha value is -1.06. The highest BCUT2D eigenvalue weighted by Gasteiger charge is 2.44. The first-order valence-corrected chi connectivity index (χ1v) is 5.74. The second-order valence-electron chi connectivity index (χ2n) is 4.70. The van der Waals surface area contributed by atoms with Crippen molar-refractivity contribution in [1.82, 2.24) is 10.2 Å². The maximum absolute atomic E-state index is 12.0. The molecule has 1 N–H and O–H groups in total. The Morgan fingerprint density at radius 3 is 2.87 bits per heavy atom. The third-order valence-electron chi connectivity index (χ3n) is 3.29. The molecule has 0 aromatic heterocycles. The average molecular weight is 210 g/mol. The number of carbonyl (C=O) groups excluding carboxylic acids is 2. The first-order chi connectivity index (χ1) is 7.13. The molecule has 0 aliphatic carbocycles. The molecule has 0 aromatic carbocycles. The summed E-state index contributed by atoms with van der Waals surface area (Å²) >= 11 is 0. The fourth-order valence-electron chi connectivity index (χ4n) is 2.55. The summed E-state index contributed by atoms with van der Waals surface area (Å²) in [6.45, 7) is 4.86. The maximum atomic E-state index is 12.0. The summed E-state index contributed by atoms with van der Waals surface area (Å²) in [5.41, 5.74) is 0. The molecular formula is C11H18N2O2. The quantitative estimate of drug-likeness (QED) is 0.722. The zero-order valence-corrected chi connectivity index (χ0v) is 9.32. The Kier molecular flexibility index (Phi) is 2.67. The van der Waals surface area contributed by atoms with Crippen LogP contribution in [-0.4, -0.2) is 35.3 Å². The minimum Gasteiger partial charge on any atom is -0.343 e. The third kappa shape index (κ3) is 1.73. The molecule has 2 fully saturated rings. The lowest BCUT2D eigenvalue weighted by Gasteiger charge is -2.34. The van der Waals surface area contributed by atoms with Gasteiger partial charge in [-0.05, 0) is 18.8 Å². The van der Waals surface area contributed by atoms with Crippen molar-refractivity contribution in [2.45, 2.75) is 45.2 Å². The predicted octanol–water partition coefficient (Wildman–Crippen LogP) is 0.522. The monoisotopic (exact) mass is 210 g/mol. The van der Waals surface area contributed by atoms with Crippen LogP contribution in [0.3, 0.4) is 0 Å². The standard InChI is InChI=1S/C11H18N2O2/c1-3-4-8-11(15)13-6-7(2)5-9(13)10(14)12-8/h7-9H,3-6H2,1-2H3,(H,12,14)/t7-,8+,9-/m1/s1. The highest BCUT2D eigenvalue weighted by molar-refractivity contribution is 5.97. The second kappa shape index (κ2) is 3.83. The molecule has 2 saturated heterocycles.